The molecule has 0 aliphatic heterocycles. The summed E-state index contributed by atoms with van der Waals surface area (Å²) in [5, 5.41) is 0.699. The van der Waals surface area contributed by atoms with Crippen LogP contribution < -0.4 is 0 Å². The monoisotopic (exact) mass is 135 g/mol. The first-order valence-electron chi connectivity index (χ1n) is 3.50. The normalized spacial score (nSPS) is 9.33. The summed E-state index contributed by atoms with van der Waals surface area (Å²) >= 11 is 0. The van der Waals surface area contributed by atoms with E-state index in [-0.39, 0.29) is 0 Å². The lowest BCUT2D eigenvalue weighted by atomic mass is 10.2. The molecule has 58 valence electrons. The average Bonchev–Trinajstić information content (AvgIpc) is 1.68. The Kier molecular flexibility index (Phi) is 10.2. The third kappa shape index (κ3) is 18.1. The Hall–Kier alpha value is -0.110. The molecule has 0 fully saturated rings. The number of nitrogens with zero attached hydrogens (tertiary/aromatic N) is 1. The fourth-order valence-electron chi connectivity index (χ4n) is 0.503. The molecule has 0 N–H and O–H groups in total. The van der Waals surface area contributed by atoms with Gasteiger partial charge in [-0.05, 0) is 5.92 Å². The summed E-state index contributed by atoms with van der Waals surface area (Å²) in [4.78, 5) is 0. The van der Waals surface area contributed by atoms with E-state index in [0.717, 1.165) is 0 Å². The second-order valence-corrected chi connectivity index (χ2v) is 2.18. The van der Waals surface area contributed by atoms with Crippen molar-refractivity contribution in [3.05, 3.63) is 0 Å². The molecule has 0 heterocycles. The predicted octanol–water partition coefficient (Wildman–Crippen LogP) is 2.48. The molecule has 0 aromatic carbocycles. The number of rotatable bonds is 2. The van der Waals surface area contributed by atoms with Crippen LogP contribution in [0.1, 0.15) is 27.7 Å². The highest BCUT2D eigenvalue weighted by Crippen LogP contribution is 1.93. The molecule has 0 rings (SSSR count). The number of hydrogen-bond acceptors (Lipinski definition) is 1. The van der Waals surface area contributed by atoms with E-state index in [0.29, 0.717) is 17.6 Å². The Balaban J connectivity index is 0. The van der Waals surface area contributed by atoms with Crippen molar-refractivity contribution in [1.29, 1.82) is 0 Å². The second-order valence-electron chi connectivity index (χ2n) is 2.18. The van der Waals surface area contributed by atoms with Crippen molar-refractivity contribution < 1.29 is 4.48 Å². The highest BCUT2D eigenvalue weighted by molar-refractivity contribution is 4.42. The maximum absolute atomic E-state index is 11.8. The molecule has 0 bridgehead atoms. The van der Waals surface area contributed by atoms with E-state index < -0.39 is 0 Å². The van der Waals surface area contributed by atoms with Crippen molar-refractivity contribution in [3.63, 3.8) is 0 Å². The van der Waals surface area contributed by atoms with Crippen LogP contribution in [0.15, 0.2) is 0 Å². The van der Waals surface area contributed by atoms with E-state index >= 15 is 0 Å². The van der Waals surface area contributed by atoms with E-state index in [1.807, 2.05) is 27.7 Å². The van der Waals surface area contributed by atoms with Gasteiger partial charge in [-0.2, -0.15) is 0 Å². The molecule has 0 unspecified atom stereocenters. The molecule has 1 nitrogen and oxygen atoms in total. The van der Waals surface area contributed by atoms with Gasteiger partial charge in [0, 0.05) is 13.6 Å². The molecule has 0 aliphatic carbocycles. The lowest BCUT2D eigenvalue weighted by Gasteiger charge is -2.05. The summed E-state index contributed by atoms with van der Waals surface area (Å²) < 4.78 is 11.8. The minimum Gasteiger partial charge on any atom is -0.149 e. The highest BCUT2D eigenvalue weighted by atomic mass is 19.2. The summed E-state index contributed by atoms with van der Waals surface area (Å²) in [5.41, 5.74) is 0. The summed E-state index contributed by atoms with van der Waals surface area (Å²) in [6.45, 7) is 8.49. The van der Waals surface area contributed by atoms with E-state index in [1.165, 1.54) is 7.05 Å². The Morgan fingerprint density at radius 3 is 1.67 bits per heavy atom. The Morgan fingerprint density at radius 1 is 1.33 bits per heavy atom. The third-order valence-corrected chi connectivity index (χ3v) is 0.617. The van der Waals surface area contributed by atoms with E-state index in [4.69, 9.17) is 0 Å². The first kappa shape index (κ1) is 11.7. The van der Waals surface area contributed by atoms with Crippen molar-refractivity contribution in [1.82, 2.24) is 5.12 Å². The van der Waals surface area contributed by atoms with Crippen LogP contribution in [0, 0.1) is 5.92 Å². The zero-order valence-corrected chi connectivity index (χ0v) is 7.11. The predicted molar refractivity (Wildman–Crippen MR) is 39.9 cm³/mol. The van der Waals surface area contributed by atoms with E-state index in [2.05, 4.69) is 0 Å². The van der Waals surface area contributed by atoms with E-state index in [9.17, 15) is 4.48 Å². The molecular formula is C7H18FN. The largest absolute Gasteiger partial charge is 0.149 e. The summed E-state index contributed by atoms with van der Waals surface area (Å²) in [6, 6.07) is 0. The fourth-order valence-corrected chi connectivity index (χ4v) is 0.503. The molecule has 0 spiro atoms. The highest BCUT2D eigenvalue weighted by Gasteiger charge is 1.95. The van der Waals surface area contributed by atoms with Crippen LogP contribution >= 0.6 is 0 Å². The van der Waals surface area contributed by atoms with Gasteiger partial charge < -0.3 is 0 Å². The molecule has 0 atom stereocenters. The molecule has 0 aliphatic rings. The summed E-state index contributed by atoms with van der Waals surface area (Å²) in [5.74, 6) is 0.426. The molecule has 0 saturated heterocycles. The first-order valence-corrected chi connectivity index (χ1v) is 3.50. The van der Waals surface area contributed by atoms with Crippen LogP contribution in [0.4, 0.5) is 4.48 Å². The van der Waals surface area contributed by atoms with Gasteiger partial charge in [0.1, 0.15) is 0 Å². The van der Waals surface area contributed by atoms with Crippen LogP contribution in [0.5, 0.6) is 0 Å². The van der Waals surface area contributed by atoms with Gasteiger partial charge in [0.2, 0.25) is 0 Å². The quantitative estimate of drug-likeness (QED) is 0.526. The third-order valence-electron chi connectivity index (χ3n) is 0.617. The van der Waals surface area contributed by atoms with Crippen LogP contribution in [-0.4, -0.2) is 18.7 Å². The Morgan fingerprint density at radius 2 is 1.67 bits per heavy atom. The minimum absolute atomic E-state index is 0.426. The molecule has 0 radical (unpaired) electrons. The van der Waals surface area contributed by atoms with E-state index in [1.54, 1.807) is 0 Å². The van der Waals surface area contributed by atoms with Crippen LogP contribution in [0.2, 0.25) is 0 Å². The second kappa shape index (κ2) is 7.89. The minimum atomic E-state index is 0.426. The lowest BCUT2D eigenvalue weighted by molar-refractivity contribution is 0.0466. The Labute approximate surface area is 57.8 Å². The molecule has 0 saturated carbocycles. The van der Waals surface area contributed by atoms with Crippen molar-refractivity contribution in [3.8, 4) is 0 Å². The lowest BCUT2D eigenvalue weighted by Crippen LogP contribution is -2.12. The van der Waals surface area contributed by atoms with Crippen LogP contribution in [0.25, 0.3) is 0 Å². The van der Waals surface area contributed by atoms with Gasteiger partial charge in [-0.25, -0.2) is 0 Å². The number of hydrogen-bond donors (Lipinski definition) is 0. The van der Waals surface area contributed by atoms with Gasteiger partial charge in [-0.3, -0.25) is 0 Å². The van der Waals surface area contributed by atoms with Crippen molar-refractivity contribution in [2.45, 2.75) is 27.7 Å². The van der Waals surface area contributed by atoms with Gasteiger partial charge in [0.05, 0.1) is 0 Å². The van der Waals surface area contributed by atoms with Gasteiger partial charge in [-0.1, -0.05) is 27.7 Å². The Bertz CT molecular complexity index is 38.2. The molecule has 0 aromatic rings. The average molecular weight is 135 g/mol. The molecule has 2 heteroatoms. The first-order chi connectivity index (χ1) is 4.13. The summed E-state index contributed by atoms with van der Waals surface area (Å²) in [7, 11) is 1.43. The van der Waals surface area contributed by atoms with Crippen LogP contribution in [-0.2, 0) is 0 Å². The maximum Gasteiger partial charge on any atom is 0.0310 e. The molecule has 0 amide bonds. The van der Waals surface area contributed by atoms with Crippen molar-refractivity contribution in [2.24, 2.45) is 5.92 Å². The molecule has 0 aromatic heterocycles. The molecular weight excluding hydrogens is 117 g/mol. The number of halogens is 1. The van der Waals surface area contributed by atoms with Gasteiger partial charge in [0.25, 0.3) is 0 Å². The fraction of sp³-hybridized carbons (Fsp3) is 1.00. The van der Waals surface area contributed by atoms with Crippen molar-refractivity contribution >= 4 is 0 Å². The SMILES string of the molecule is CC.CC(C)CN(C)F. The van der Waals surface area contributed by atoms with Gasteiger partial charge in [0.15, 0.2) is 0 Å². The van der Waals surface area contributed by atoms with Crippen LogP contribution in [0.3, 0.4) is 0 Å². The summed E-state index contributed by atoms with van der Waals surface area (Å²) in [6.07, 6.45) is 0. The van der Waals surface area contributed by atoms with Gasteiger partial charge >= 0.3 is 0 Å². The molecule has 9 heavy (non-hydrogen) atoms. The topological polar surface area (TPSA) is 3.24 Å². The standard InChI is InChI=1S/C5H12FN.C2H6/c1-5(2)4-7(3)6;1-2/h5H,4H2,1-3H3;1-2H3. The zero-order valence-electron chi connectivity index (χ0n) is 7.11. The zero-order chi connectivity index (χ0) is 7.86. The van der Waals surface area contributed by atoms with Crippen molar-refractivity contribution in [2.75, 3.05) is 13.6 Å². The maximum atomic E-state index is 11.8. The van der Waals surface area contributed by atoms with Gasteiger partial charge in [-0.15, -0.1) is 9.60 Å². The smallest absolute Gasteiger partial charge is 0.0310 e.